The molecule has 1 heterocycles. The Bertz CT molecular complexity index is 459. The van der Waals surface area contributed by atoms with E-state index >= 15 is 0 Å². The van der Waals surface area contributed by atoms with Crippen molar-refractivity contribution in [1.29, 1.82) is 0 Å². The van der Waals surface area contributed by atoms with Gasteiger partial charge in [0.2, 0.25) is 5.91 Å². The van der Waals surface area contributed by atoms with Crippen molar-refractivity contribution in [2.24, 2.45) is 5.92 Å². The lowest BCUT2D eigenvalue weighted by molar-refractivity contribution is -0.132. The molecule has 1 amide bonds. The van der Waals surface area contributed by atoms with Crippen molar-refractivity contribution in [2.45, 2.75) is 51.1 Å². The molecule has 2 aliphatic rings. The molecule has 0 aromatic heterocycles. The van der Waals surface area contributed by atoms with E-state index in [0.29, 0.717) is 17.9 Å². The lowest BCUT2D eigenvalue weighted by Gasteiger charge is -2.35. The zero-order valence-electron chi connectivity index (χ0n) is 12.2. The number of amides is 1. The van der Waals surface area contributed by atoms with Gasteiger partial charge in [-0.2, -0.15) is 0 Å². The first kappa shape index (κ1) is 13.6. The molecule has 3 unspecified atom stereocenters. The SMILES string of the molecule is CC1CCCCC1N1CNC(Cc2ccccc2)C1=O. The van der Waals surface area contributed by atoms with Gasteiger partial charge >= 0.3 is 0 Å². The van der Waals surface area contributed by atoms with Crippen LogP contribution in [0.1, 0.15) is 38.2 Å². The first-order valence-electron chi connectivity index (χ1n) is 7.83. The molecular formula is C17H24N2O. The van der Waals surface area contributed by atoms with Gasteiger partial charge in [0.05, 0.1) is 12.7 Å². The Hall–Kier alpha value is -1.35. The van der Waals surface area contributed by atoms with E-state index in [0.717, 1.165) is 13.1 Å². The van der Waals surface area contributed by atoms with Crippen LogP contribution in [-0.4, -0.2) is 29.6 Å². The number of benzene rings is 1. The molecule has 2 fully saturated rings. The normalized spacial score (nSPS) is 30.8. The van der Waals surface area contributed by atoms with Gasteiger partial charge in [0.15, 0.2) is 0 Å². The number of nitrogens with one attached hydrogen (secondary N) is 1. The van der Waals surface area contributed by atoms with E-state index in [4.69, 9.17) is 0 Å². The van der Waals surface area contributed by atoms with E-state index in [-0.39, 0.29) is 6.04 Å². The molecule has 1 aliphatic carbocycles. The summed E-state index contributed by atoms with van der Waals surface area (Å²) < 4.78 is 0. The summed E-state index contributed by atoms with van der Waals surface area (Å²) in [6.07, 6.45) is 5.82. The van der Waals surface area contributed by atoms with E-state index in [2.05, 4.69) is 29.3 Å². The first-order valence-corrected chi connectivity index (χ1v) is 7.83. The summed E-state index contributed by atoms with van der Waals surface area (Å²) in [4.78, 5) is 14.7. The lowest BCUT2D eigenvalue weighted by Crippen LogP contribution is -2.44. The van der Waals surface area contributed by atoms with Crippen LogP contribution in [0.25, 0.3) is 0 Å². The maximum Gasteiger partial charge on any atom is 0.241 e. The predicted molar refractivity (Wildman–Crippen MR) is 80.2 cm³/mol. The van der Waals surface area contributed by atoms with Crippen molar-refractivity contribution in [1.82, 2.24) is 10.2 Å². The van der Waals surface area contributed by atoms with Crippen LogP contribution < -0.4 is 5.32 Å². The van der Waals surface area contributed by atoms with Gasteiger partial charge in [0, 0.05) is 6.04 Å². The molecule has 1 aromatic carbocycles. The number of nitrogens with zero attached hydrogens (tertiary/aromatic N) is 1. The third-order valence-electron chi connectivity index (χ3n) is 4.84. The summed E-state index contributed by atoms with van der Waals surface area (Å²) in [5, 5.41) is 3.40. The summed E-state index contributed by atoms with van der Waals surface area (Å²) >= 11 is 0. The number of carbonyl (C=O) groups is 1. The Labute approximate surface area is 121 Å². The Morgan fingerprint density at radius 1 is 1.20 bits per heavy atom. The molecule has 0 spiro atoms. The Morgan fingerprint density at radius 2 is 1.95 bits per heavy atom. The van der Waals surface area contributed by atoms with E-state index in [9.17, 15) is 4.79 Å². The van der Waals surface area contributed by atoms with Crippen LogP contribution in [0, 0.1) is 5.92 Å². The molecule has 1 aromatic rings. The van der Waals surface area contributed by atoms with Crippen LogP contribution >= 0.6 is 0 Å². The van der Waals surface area contributed by atoms with Crippen molar-refractivity contribution < 1.29 is 4.79 Å². The van der Waals surface area contributed by atoms with Crippen molar-refractivity contribution in [3.8, 4) is 0 Å². The molecule has 1 aliphatic heterocycles. The minimum Gasteiger partial charge on any atom is -0.325 e. The van der Waals surface area contributed by atoms with Gasteiger partial charge in [-0.05, 0) is 30.7 Å². The van der Waals surface area contributed by atoms with Crippen LogP contribution in [0.5, 0.6) is 0 Å². The summed E-state index contributed by atoms with van der Waals surface area (Å²) in [7, 11) is 0. The Balaban J connectivity index is 1.65. The molecule has 108 valence electrons. The molecule has 1 N–H and O–H groups in total. The highest BCUT2D eigenvalue weighted by Gasteiger charge is 2.38. The third kappa shape index (κ3) is 2.73. The van der Waals surface area contributed by atoms with Crippen molar-refractivity contribution in [3.05, 3.63) is 35.9 Å². The summed E-state index contributed by atoms with van der Waals surface area (Å²) in [5.41, 5.74) is 1.23. The predicted octanol–water partition coefficient (Wildman–Crippen LogP) is 2.57. The molecule has 3 nitrogen and oxygen atoms in total. The van der Waals surface area contributed by atoms with Gasteiger partial charge < -0.3 is 4.90 Å². The molecule has 3 atom stereocenters. The zero-order valence-corrected chi connectivity index (χ0v) is 12.2. The number of rotatable bonds is 3. The van der Waals surface area contributed by atoms with Gasteiger partial charge in [-0.1, -0.05) is 50.1 Å². The van der Waals surface area contributed by atoms with E-state index in [1.807, 2.05) is 18.2 Å². The van der Waals surface area contributed by atoms with Gasteiger partial charge in [-0.25, -0.2) is 0 Å². The van der Waals surface area contributed by atoms with Gasteiger partial charge in [-0.3, -0.25) is 10.1 Å². The van der Waals surface area contributed by atoms with Crippen molar-refractivity contribution in [2.75, 3.05) is 6.67 Å². The molecule has 1 saturated heterocycles. The highest BCUT2D eigenvalue weighted by atomic mass is 16.2. The molecule has 1 saturated carbocycles. The fraction of sp³-hybridized carbons (Fsp3) is 0.588. The number of hydrogen-bond acceptors (Lipinski definition) is 2. The topological polar surface area (TPSA) is 32.3 Å². The summed E-state index contributed by atoms with van der Waals surface area (Å²) in [6.45, 7) is 3.02. The van der Waals surface area contributed by atoms with Gasteiger partial charge in [-0.15, -0.1) is 0 Å². The summed E-state index contributed by atoms with van der Waals surface area (Å²) in [5.74, 6) is 0.942. The van der Waals surface area contributed by atoms with E-state index < -0.39 is 0 Å². The first-order chi connectivity index (χ1) is 9.75. The molecule has 0 radical (unpaired) electrons. The second-order valence-electron chi connectivity index (χ2n) is 6.24. The summed E-state index contributed by atoms with van der Waals surface area (Å²) in [6, 6.07) is 10.7. The quantitative estimate of drug-likeness (QED) is 0.917. The smallest absolute Gasteiger partial charge is 0.241 e. The van der Waals surface area contributed by atoms with Crippen LogP contribution in [0.15, 0.2) is 30.3 Å². The second kappa shape index (κ2) is 5.96. The molecular weight excluding hydrogens is 248 g/mol. The average Bonchev–Trinajstić information content (AvgIpc) is 2.82. The van der Waals surface area contributed by atoms with Crippen molar-refractivity contribution in [3.63, 3.8) is 0 Å². The molecule has 3 heteroatoms. The fourth-order valence-corrected chi connectivity index (χ4v) is 3.62. The highest BCUT2D eigenvalue weighted by Crippen LogP contribution is 2.29. The molecule has 0 bridgehead atoms. The van der Waals surface area contributed by atoms with Crippen molar-refractivity contribution >= 4 is 5.91 Å². The van der Waals surface area contributed by atoms with Crippen LogP contribution in [0.4, 0.5) is 0 Å². The van der Waals surface area contributed by atoms with E-state index in [1.54, 1.807) is 0 Å². The lowest BCUT2D eigenvalue weighted by atomic mass is 9.85. The molecule has 3 rings (SSSR count). The maximum absolute atomic E-state index is 12.6. The Kier molecular flexibility index (Phi) is 4.06. The fourth-order valence-electron chi connectivity index (χ4n) is 3.62. The minimum absolute atomic E-state index is 0.0356. The van der Waals surface area contributed by atoms with E-state index in [1.165, 1.54) is 31.2 Å². The second-order valence-corrected chi connectivity index (χ2v) is 6.24. The third-order valence-corrected chi connectivity index (χ3v) is 4.84. The number of carbonyl (C=O) groups excluding carboxylic acids is 1. The van der Waals surface area contributed by atoms with Gasteiger partial charge in [0.25, 0.3) is 0 Å². The van der Waals surface area contributed by atoms with Gasteiger partial charge in [0.1, 0.15) is 0 Å². The Morgan fingerprint density at radius 3 is 2.70 bits per heavy atom. The molecule has 20 heavy (non-hydrogen) atoms. The van der Waals surface area contributed by atoms with Crippen LogP contribution in [-0.2, 0) is 11.2 Å². The minimum atomic E-state index is -0.0356. The number of hydrogen-bond donors (Lipinski definition) is 1. The maximum atomic E-state index is 12.6. The van der Waals surface area contributed by atoms with Crippen LogP contribution in [0.3, 0.4) is 0 Å². The largest absolute Gasteiger partial charge is 0.325 e. The zero-order chi connectivity index (χ0) is 13.9. The highest BCUT2D eigenvalue weighted by molar-refractivity contribution is 5.84. The van der Waals surface area contributed by atoms with Crippen LogP contribution in [0.2, 0.25) is 0 Å². The standard InChI is InChI=1S/C17H24N2O/c1-13-7-5-6-10-16(13)19-12-18-15(17(19)20)11-14-8-3-2-4-9-14/h2-4,8-9,13,15-16,18H,5-7,10-12H2,1H3. The monoisotopic (exact) mass is 272 g/mol. The average molecular weight is 272 g/mol.